The van der Waals surface area contributed by atoms with Gasteiger partial charge in [0.05, 0.1) is 5.52 Å². The van der Waals surface area contributed by atoms with E-state index in [9.17, 15) is 0 Å². The predicted octanol–water partition coefficient (Wildman–Crippen LogP) is 4.47. The van der Waals surface area contributed by atoms with Crippen LogP contribution in [0.2, 0.25) is 0 Å². The zero-order chi connectivity index (χ0) is 19.8. The topological polar surface area (TPSA) is 64.9 Å². The molecular formula is C23H25N5O. The van der Waals surface area contributed by atoms with Gasteiger partial charge in [-0.25, -0.2) is 9.67 Å². The fourth-order valence-corrected chi connectivity index (χ4v) is 3.95. The van der Waals surface area contributed by atoms with Crippen molar-refractivity contribution >= 4 is 27.9 Å². The van der Waals surface area contributed by atoms with Crippen molar-refractivity contribution in [2.75, 3.05) is 18.5 Å². The molecule has 0 saturated heterocycles. The van der Waals surface area contributed by atoms with E-state index in [1.807, 2.05) is 10.7 Å². The first-order valence-corrected chi connectivity index (χ1v) is 10.3. The Morgan fingerprint density at radius 1 is 1.03 bits per heavy atom. The van der Waals surface area contributed by atoms with E-state index in [2.05, 4.69) is 49.5 Å². The van der Waals surface area contributed by atoms with E-state index in [-0.39, 0.29) is 0 Å². The van der Waals surface area contributed by atoms with Crippen LogP contribution >= 0.6 is 0 Å². The van der Waals surface area contributed by atoms with Crippen LogP contribution in [0.15, 0.2) is 36.4 Å². The molecule has 0 radical (unpaired) electrons. The molecule has 2 aromatic heterocycles. The molecule has 0 bridgehead atoms. The molecule has 1 N–H and O–H groups in total. The summed E-state index contributed by atoms with van der Waals surface area (Å²) in [4.78, 5) is 9.73. The SMILES string of the molecule is CC1=CCCC=C(C)n2nc(CCc3ccc4ccc5c(c4n3)NCCO5)nc21. The maximum absolute atomic E-state index is 5.75. The highest BCUT2D eigenvalue weighted by atomic mass is 16.5. The third-order valence-electron chi connectivity index (χ3n) is 5.54. The minimum absolute atomic E-state index is 0.691. The van der Waals surface area contributed by atoms with E-state index in [0.717, 1.165) is 77.6 Å². The lowest BCUT2D eigenvalue weighted by atomic mass is 10.1. The quantitative estimate of drug-likeness (QED) is 0.718. The molecule has 0 spiro atoms. The number of ether oxygens (including phenoxy) is 1. The number of anilines is 1. The summed E-state index contributed by atoms with van der Waals surface area (Å²) < 4.78 is 7.73. The Morgan fingerprint density at radius 2 is 1.90 bits per heavy atom. The molecule has 29 heavy (non-hydrogen) atoms. The number of pyridine rings is 1. The van der Waals surface area contributed by atoms with Crippen molar-refractivity contribution in [1.82, 2.24) is 19.7 Å². The van der Waals surface area contributed by atoms with Crippen molar-refractivity contribution in [2.45, 2.75) is 39.5 Å². The van der Waals surface area contributed by atoms with Crippen molar-refractivity contribution in [3.63, 3.8) is 0 Å². The molecule has 148 valence electrons. The third kappa shape index (κ3) is 3.39. The van der Waals surface area contributed by atoms with E-state index in [1.165, 1.54) is 5.57 Å². The van der Waals surface area contributed by atoms with Crippen LogP contribution in [0.4, 0.5) is 5.69 Å². The van der Waals surface area contributed by atoms with Gasteiger partial charge >= 0.3 is 0 Å². The van der Waals surface area contributed by atoms with Gasteiger partial charge in [-0.1, -0.05) is 18.2 Å². The maximum atomic E-state index is 5.75. The standard InChI is InChI=1S/C23H25N5O/c1-15-5-3-4-6-16(2)28-23(15)26-20(27-28)12-10-18-9-7-17-8-11-19-22(21(17)25-18)24-13-14-29-19/h5-9,11,24H,3-4,10,12-14H2,1-2H3. The molecule has 2 aliphatic rings. The molecular weight excluding hydrogens is 362 g/mol. The second-order valence-corrected chi connectivity index (χ2v) is 7.66. The first-order chi connectivity index (χ1) is 14.2. The number of nitrogens with zero attached hydrogens (tertiary/aromatic N) is 4. The maximum Gasteiger partial charge on any atom is 0.158 e. The molecule has 1 aromatic carbocycles. The van der Waals surface area contributed by atoms with Gasteiger partial charge in [0.15, 0.2) is 11.6 Å². The van der Waals surface area contributed by atoms with Crippen molar-refractivity contribution in [3.8, 4) is 5.75 Å². The van der Waals surface area contributed by atoms with Crippen LogP contribution in [0.5, 0.6) is 5.75 Å². The zero-order valence-corrected chi connectivity index (χ0v) is 16.9. The minimum Gasteiger partial charge on any atom is -0.490 e. The van der Waals surface area contributed by atoms with Crippen LogP contribution in [0, 0.1) is 0 Å². The Kier molecular flexibility index (Phi) is 4.54. The summed E-state index contributed by atoms with van der Waals surface area (Å²) >= 11 is 0. The summed E-state index contributed by atoms with van der Waals surface area (Å²) in [5, 5.41) is 9.32. The molecule has 0 atom stereocenters. The number of rotatable bonds is 3. The number of nitrogens with one attached hydrogen (secondary N) is 1. The second-order valence-electron chi connectivity index (χ2n) is 7.66. The summed E-state index contributed by atoms with van der Waals surface area (Å²) in [5.41, 5.74) is 5.35. The van der Waals surface area contributed by atoms with Gasteiger partial charge in [-0.05, 0) is 56.9 Å². The fraction of sp³-hybridized carbons (Fsp3) is 0.348. The van der Waals surface area contributed by atoms with E-state index in [4.69, 9.17) is 19.8 Å². The van der Waals surface area contributed by atoms with Crippen molar-refractivity contribution in [2.24, 2.45) is 0 Å². The lowest BCUT2D eigenvalue weighted by Gasteiger charge is -2.20. The lowest BCUT2D eigenvalue weighted by molar-refractivity contribution is 0.324. The van der Waals surface area contributed by atoms with E-state index in [0.29, 0.717) is 6.61 Å². The number of benzene rings is 1. The van der Waals surface area contributed by atoms with Crippen LogP contribution in [-0.4, -0.2) is 32.9 Å². The van der Waals surface area contributed by atoms with E-state index >= 15 is 0 Å². The van der Waals surface area contributed by atoms with Crippen LogP contribution in [0.25, 0.3) is 22.2 Å². The first kappa shape index (κ1) is 17.9. The van der Waals surface area contributed by atoms with Gasteiger partial charge in [0.2, 0.25) is 0 Å². The predicted molar refractivity (Wildman–Crippen MR) is 116 cm³/mol. The Morgan fingerprint density at radius 3 is 2.83 bits per heavy atom. The average molecular weight is 387 g/mol. The van der Waals surface area contributed by atoms with Gasteiger partial charge in [-0.3, -0.25) is 4.98 Å². The fourth-order valence-electron chi connectivity index (χ4n) is 3.95. The van der Waals surface area contributed by atoms with Crippen LogP contribution < -0.4 is 10.1 Å². The molecule has 6 nitrogen and oxygen atoms in total. The van der Waals surface area contributed by atoms with Crippen molar-refractivity contribution in [1.29, 1.82) is 0 Å². The second kappa shape index (κ2) is 7.35. The normalized spacial score (nSPS) is 15.9. The molecule has 5 rings (SSSR count). The molecule has 0 amide bonds. The number of aryl methyl sites for hydroxylation is 2. The summed E-state index contributed by atoms with van der Waals surface area (Å²) in [5.74, 6) is 2.70. The monoisotopic (exact) mass is 387 g/mol. The minimum atomic E-state index is 0.691. The molecule has 0 aliphatic carbocycles. The molecule has 0 unspecified atom stereocenters. The number of fused-ring (bicyclic) bond motifs is 4. The highest BCUT2D eigenvalue weighted by Gasteiger charge is 2.16. The van der Waals surface area contributed by atoms with Gasteiger partial charge in [-0.2, -0.15) is 5.10 Å². The highest BCUT2D eigenvalue weighted by Crippen LogP contribution is 2.34. The summed E-state index contributed by atoms with van der Waals surface area (Å²) in [7, 11) is 0. The van der Waals surface area contributed by atoms with Crippen LogP contribution in [0.1, 0.15) is 44.0 Å². The van der Waals surface area contributed by atoms with E-state index < -0.39 is 0 Å². The van der Waals surface area contributed by atoms with Crippen molar-refractivity contribution in [3.05, 3.63) is 53.8 Å². The molecule has 2 aliphatic heterocycles. The lowest BCUT2D eigenvalue weighted by Crippen LogP contribution is -2.18. The van der Waals surface area contributed by atoms with Crippen molar-refractivity contribution < 1.29 is 4.74 Å². The van der Waals surface area contributed by atoms with Crippen LogP contribution in [-0.2, 0) is 12.8 Å². The Balaban J connectivity index is 1.42. The average Bonchev–Trinajstić information content (AvgIpc) is 3.18. The number of aromatic nitrogens is 4. The molecule has 0 saturated carbocycles. The van der Waals surface area contributed by atoms with Gasteiger partial charge in [0.25, 0.3) is 0 Å². The van der Waals surface area contributed by atoms with Gasteiger partial charge in [-0.15, -0.1) is 0 Å². The first-order valence-electron chi connectivity index (χ1n) is 10.3. The van der Waals surface area contributed by atoms with E-state index in [1.54, 1.807) is 0 Å². The molecule has 6 heteroatoms. The molecule has 0 fully saturated rings. The van der Waals surface area contributed by atoms with Crippen LogP contribution in [0.3, 0.4) is 0 Å². The van der Waals surface area contributed by atoms with Gasteiger partial charge in [0, 0.05) is 29.7 Å². The highest BCUT2D eigenvalue weighted by molar-refractivity contribution is 5.94. The largest absolute Gasteiger partial charge is 0.490 e. The molecule has 4 heterocycles. The van der Waals surface area contributed by atoms with Gasteiger partial charge < -0.3 is 10.1 Å². The van der Waals surface area contributed by atoms with Gasteiger partial charge in [0.1, 0.15) is 18.0 Å². The third-order valence-corrected chi connectivity index (χ3v) is 5.54. The zero-order valence-electron chi connectivity index (χ0n) is 16.9. The number of hydrogen-bond donors (Lipinski definition) is 1. The Bertz CT molecular complexity index is 1100. The summed E-state index contributed by atoms with van der Waals surface area (Å²) in [6.45, 7) is 5.72. The Labute approximate surface area is 170 Å². The number of allylic oxidation sites excluding steroid dienone is 4. The summed E-state index contributed by atoms with van der Waals surface area (Å²) in [6, 6.07) is 8.31. The Hall–Kier alpha value is -3.15. The number of hydrogen-bond acceptors (Lipinski definition) is 5. The summed E-state index contributed by atoms with van der Waals surface area (Å²) in [6.07, 6.45) is 8.13. The smallest absolute Gasteiger partial charge is 0.158 e. The molecule has 3 aromatic rings.